The van der Waals surface area contributed by atoms with Crippen LogP contribution in [0.1, 0.15) is 61.4 Å². The van der Waals surface area contributed by atoms with Crippen LogP contribution in [0.4, 0.5) is 0 Å². The predicted octanol–water partition coefficient (Wildman–Crippen LogP) is 5.81. The summed E-state index contributed by atoms with van der Waals surface area (Å²) in [6.07, 6.45) is 1.61. The summed E-state index contributed by atoms with van der Waals surface area (Å²) in [6.45, 7) is 9.13. The van der Waals surface area contributed by atoms with E-state index in [2.05, 4.69) is 18.2 Å². The van der Waals surface area contributed by atoms with Crippen LogP contribution in [0.2, 0.25) is 0 Å². The summed E-state index contributed by atoms with van der Waals surface area (Å²) < 4.78 is 11.1. The molecule has 42 heavy (non-hydrogen) atoms. The zero-order valence-corrected chi connectivity index (χ0v) is 25.4. The number of piperidine rings is 1. The highest BCUT2D eigenvalue weighted by molar-refractivity contribution is 8.16. The van der Waals surface area contributed by atoms with E-state index < -0.39 is 12.0 Å². The van der Waals surface area contributed by atoms with E-state index in [9.17, 15) is 14.4 Å². The van der Waals surface area contributed by atoms with E-state index in [1.54, 1.807) is 11.8 Å². The number of nitrogens with zero attached hydrogens (tertiary/aromatic N) is 3. The number of benzene rings is 2. The molecule has 2 aromatic carbocycles. The largest absolute Gasteiger partial charge is 0.466 e. The third kappa shape index (κ3) is 6.31. The summed E-state index contributed by atoms with van der Waals surface area (Å²) in [7, 11) is 0. The molecular formula is C33H37N3O5S. The summed E-state index contributed by atoms with van der Waals surface area (Å²) in [6, 6.07) is 15.3. The molecule has 2 unspecified atom stereocenters. The topological polar surface area (TPSA) is 88.5 Å². The van der Waals surface area contributed by atoms with E-state index in [4.69, 9.17) is 14.5 Å². The number of hydrogen-bond acceptors (Lipinski definition) is 8. The lowest BCUT2D eigenvalue weighted by Crippen LogP contribution is -2.44. The molecule has 3 aliphatic heterocycles. The van der Waals surface area contributed by atoms with Crippen molar-refractivity contribution >= 4 is 34.8 Å². The molecule has 0 spiro atoms. The predicted molar refractivity (Wildman–Crippen MR) is 163 cm³/mol. The molecular weight excluding hydrogens is 550 g/mol. The lowest BCUT2D eigenvalue weighted by atomic mass is 9.90. The van der Waals surface area contributed by atoms with Gasteiger partial charge in [0.25, 0.3) is 0 Å². The second-order valence-electron chi connectivity index (χ2n) is 10.9. The number of fused-ring (bicyclic) bond motifs is 1. The van der Waals surface area contributed by atoms with Crippen LogP contribution in [0.3, 0.4) is 0 Å². The molecule has 0 aliphatic carbocycles. The SMILES string of the molecule is CCOC(=O)C1CCCN(C(=O)CC2=CSC3=NC(C)=C(C(=O)OCc4ccccc4)C(c4cc(C)ccc4C)N23)C1. The molecule has 9 heteroatoms. The Kier molecular flexibility index (Phi) is 9.16. The number of carbonyl (C=O) groups is 3. The Balaban J connectivity index is 1.43. The normalized spacial score (nSPS) is 20.1. The van der Waals surface area contributed by atoms with Gasteiger partial charge in [0.2, 0.25) is 5.91 Å². The molecule has 1 saturated heterocycles. The zero-order valence-electron chi connectivity index (χ0n) is 24.6. The highest BCUT2D eigenvalue weighted by atomic mass is 32.2. The Labute approximate surface area is 251 Å². The molecule has 0 N–H and O–H groups in total. The van der Waals surface area contributed by atoms with Crippen molar-refractivity contribution in [1.29, 1.82) is 0 Å². The molecule has 3 heterocycles. The average molecular weight is 588 g/mol. The first-order valence-corrected chi connectivity index (χ1v) is 15.3. The van der Waals surface area contributed by atoms with Gasteiger partial charge in [0, 0.05) is 18.8 Å². The van der Waals surface area contributed by atoms with Crippen LogP contribution in [0.15, 0.2) is 75.9 Å². The maximum atomic E-state index is 13.8. The minimum absolute atomic E-state index is 0.0590. The van der Waals surface area contributed by atoms with Crippen molar-refractivity contribution in [2.45, 2.75) is 59.6 Å². The fraction of sp³-hybridized carbons (Fsp3) is 0.394. The van der Waals surface area contributed by atoms with Crippen LogP contribution in [0, 0.1) is 19.8 Å². The first-order chi connectivity index (χ1) is 20.3. The van der Waals surface area contributed by atoms with E-state index in [1.165, 1.54) is 11.8 Å². The first kappa shape index (κ1) is 29.6. The molecule has 2 aromatic rings. The highest BCUT2D eigenvalue weighted by Crippen LogP contribution is 2.46. The van der Waals surface area contributed by atoms with Gasteiger partial charge >= 0.3 is 11.9 Å². The van der Waals surface area contributed by atoms with Gasteiger partial charge in [-0.1, -0.05) is 65.9 Å². The van der Waals surface area contributed by atoms with Crippen LogP contribution >= 0.6 is 11.8 Å². The van der Waals surface area contributed by atoms with Crippen molar-refractivity contribution in [2.75, 3.05) is 19.7 Å². The molecule has 2 atom stereocenters. The van der Waals surface area contributed by atoms with Crippen molar-refractivity contribution in [3.63, 3.8) is 0 Å². The van der Waals surface area contributed by atoms with Crippen LogP contribution < -0.4 is 0 Å². The van der Waals surface area contributed by atoms with Gasteiger partial charge in [0.1, 0.15) is 6.61 Å². The third-order valence-corrected chi connectivity index (χ3v) is 8.78. The van der Waals surface area contributed by atoms with E-state index >= 15 is 0 Å². The fourth-order valence-electron chi connectivity index (χ4n) is 5.70. The minimum atomic E-state index is -0.497. The number of ether oxygens (including phenoxy) is 2. The molecule has 0 aromatic heterocycles. The lowest BCUT2D eigenvalue weighted by molar-refractivity contribution is -0.151. The molecule has 3 aliphatic rings. The molecule has 0 radical (unpaired) electrons. The van der Waals surface area contributed by atoms with Gasteiger partial charge < -0.3 is 19.3 Å². The quantitative estimate of drug-likeness (QED) is 0.360. The average Bonchev–Trinajstić information content (AvgIpc) is 3.38. The van der Waals surface area contributed by atoms with Gasteiger partial charge in [0.15, 0.2) is 5.17 Å². The fourth-order valence-corrected chi connectivity index (χ4v) is 6.67. The van der Waals surface area contributed by atoms with E-state index in [1.807, 2.05) is 61.4 Å². The van der Waals surface area contributed by atoms with Crippen LogP contribution in [-0.4, -0.2) is 52.5 Å². The molecule has 8 nitrogen and oxygen atoms in total. The van der Waals surface area contributed by atoms with E-state index in [0.29, 0.717) is 31.0 Å². The molecule has 1 amide bonds. The second-order valence-corrected chi connectivity index (χ2v) is 11.8. The second kappa shape index (κ2) is 13.0. The summed E-state index contributed by atoms with van der Waals surface area (Å²) >= 11 is 1.45. The summed E-state index contributed by atoms with van der Waals surface area (Å²) in [5.74, 6) is -1.04. The van der Waals surface area contributed by atoms with E-state index in [0.717, 1.165) is 46.0 Å². The van der Waals surface area contributed by atoms with Crippen LogP contribution in [-0.2, 0) is 30.5 Å². The number of carbonyl (C=O) groups excluding carboxylic acids is 3. The zero-order chi connectivity index (χ0) is 29.8. The number of amides is 1. The van der Waals surface area contributed by atoms with Crippen LogP contribution in [0.25, 0.3) is 0 Å². The number of hydrogen-bond donors (Lipinski definition) is 0. The molecule has 220 valence electrons. The summed E-state index contributed by atoms with van der Waals surface area (Å²) in [4.78, 5) is 48.3. The van der Waals surface area contributed by atoms with E-state index in [-0.39, 0.29) is 30.8 Å². The Bertz CT molecular complexity index is 1470. The summed E-state index contributed by atoms with van der Waals surface area (Å²) in [5.41, 5.74) is 5.81. The smallest absolute Gasteiger partial charge is 0.338 e. The number of esters is 2. The van der Waals surface area contributed by atoms with Gasteiger partial charge in [-0.3, -0.25) is 9.59 Å². The van der Waals surface area contributed by atoms with Gasteiger partial charge in [-0.05, 0) is 62.6 Å². The number of amidine groups is 1. The Hall–Kier alpha value is -3.85. The van der Waals surface area contributed by atoms with Gasteiger partial charge in [-0.25, -0.2) is 9.79 Å². The van der Waals surface area contributed by atoms with Crippen molar-refractivity contribution in [2.24, 2.45) is 10.9 Å². The Morgan fingerprint density at radius 1 is 1.05 bits per heavy atom. The lowest BCUT2D eigenvalue weighted by Gasteiger charge is -2.38. The van der Waals surface area contributed by atoms with Gasteiger partial charge in [0.05, 0.1) is 36.3 Å². The molecule has 1 fully saturated rings. The molecule has 0 saturated carbocycles. The number of likely N-dealkylation sites (tertiary alicyclic amines) is 1. The monoisotopic (exact) mass is 587 g/mol. The van der Waals surface area contributed by atoms with Gasteiger partial charge in [-0.15, -0.1) is 0 Å². The number of allylic oxidation sites excluding steroid dienone is 1. The maximum Gasteiger partial charge on any atom is 0.338 e. The number of aliphatic imine (C=N–C) groups is 1. The number of aryl methyl sites for hydroxylation is 2. The van der Waals surface area contributed by atoms with Crippen molar-refractivity contribution in [3.05, 3.63) is 93.2 Å². The van der Waals surface area contributed by atoms with Crippen LogP contribution in [0.5, 0.6) is 0 Å². The molecule has 5 rings (SSSR count). The Morgan fingerprint density at radius 2 is 1.83 bits per heavy atom. The van der Waals surface area contributed by atoms with Crippen molar-refractivity contribution in [3.8, 4) is 0 Å². The highest BCUT2D eigenvalue weighted by Gasteiger charge is 2.42. The third-order valence-electron chi connectivity index (χ3n) is 7.89. The first-order valence-electron chi connectivity index (χ1n) is 14.4. The number of rotatable bonds is 8. The van der Waals surface area contributed by atoms with Crippen molar-refractivity contribution < 1.29 is 23.9 Å². The minimum Gasteiger partial charge on any atom is -0.466 e. The maximum absolute atomic E-state index is 13.8. The number of thioether (sulfide) groups is 1. The standard InChI is InChI=1S/C33H37N3O5S/c1-5-40-31(38)25-12-9-15-35(18-25)28(37)17-26-20-42-33-34-23(4)29(32(39)41-19-24-10-7-6-8-11-24)30(36(26)33)27-16-21(2)13-14-22(27)3/h6-8,10-11,13-14,16,20,25,30H,5,9,12,15,17-19H2,1-4H3. The van der Waals surface area contributed by atoms with Crippen molar-refractivity contribution in [1.82, 2.24) is 9.80 Å². The molecule has 0 bridgehead atoms. The summed E-state index contributed by atoms with van der Waals surface area (Å²) in [5, 5.41) is 2.68. The van der Waals surface area contributed by atoms with Gasteiger partial charge in [-0.2, -0.15) is 0 Å². The Morgan fingerprint density at radius 3 is 2.60 bits per heavy atom.